The summed E-state index contributed by atoms with van der Waals surface area (Å²) in [5.41, 5.74) is 2.89. The SMILES string of the molecule is CCN(CC)C(=O)C(C)n1c(C)cc2c1CCCC2=O. The molecule has 0 radical (unpaired) electrons. The standard InChI is InChI=1S/C16H24N2O2/c1-5-17(6-2)16(20)12(4)18-11(3)10-13-14(18)8-7-9-15(13)19/h10,12H,5-9H2,1-4H3. The van der Waals surface area contributed by atoms with Gasteiger partial charge in [-0.15, -0.1) is 0 Å². The molecular formula is C16H24N2O2. The van der Waals surface area contributed by atoms with Gasteiger partial charge in [-0.2, -0.15) is 0 Å². The van der Waals surface area contributed by atoms with Crippen molar-refractivity contribution in [3.05, 3.63) is 23.0 Å². The van der Waals surface area contributed by atoms with Crippen LogP contribution in [0.2, 0.25) is 0 Å². The molecule has 0 N–H and O–H groups in total. The lowest BCUT2D eigenvalue weighted by Crippen LogP contribution is -2.36. The Labute approximate surface area is 120 Å². The highest BCUT2D eigenvalue weighted by Crippen LogP contribution is 2.28. The molecule has 4 heteroatoms. The highest BCUT2D eigenvalue weighted by molar-refractivity contribution is 5.98. The van der Waals surface area contributed by atoms with Crippen LogP contribution in [0.15, 0.2) is 6.07 Å². The van der Waals surface area contributed by atoms with Crippen LogP contribution in [0.1, 0.15) is 61.4 Å². The molecule has 1 aliphatic rings. The first-order chi connectivity index (χ1) is 9.51. The molecule has 4 nitrogen and oxygen atoms in total. The topological polar surface area (TPSA) is 42.3 Å². The highest BCUT2D eigenvalue weighted by Gasteiger charge is 2.28. The fourth-order valence-corrected chi connectivity index (χ4v) is 3.20. The van der Waals surface area contributed by atoms with Crippen LogP contribution in [0, 0.1) is 6.92 Å². The monoisotopic (exact) mass is 276 g/mol. The van der Waals surface area contributed by atoms with Gasteiger partial charge < -0.3 is 9.47 Å². The number of ketones is 1. The molecule has 1 unspecified atom stereocenters. The van der Waals surface area contributed by atoms with Gasteiger partial charge in [0.25, 0.3) is 0 Å². The van der Waals surface area contributed by atoms with Gasteiger partial charge in [0.2, 0.25) is 5.91 Å². The Bertz CT molecular complexity index is 527. The van der Waals surface area contributed by atoms with Gasteiger partial charge in [0.05, 0.1) is 0 Å². The number of fused-ring (bicyclic) bond motifs is 1. The zero-order chi connectivity index (χ0) is 14.9. The Morgan fingerprint density at radius 3 is 2.60 bits per heavy atom. The van der Waals surface area contributed by atoms with Crippen molar-refractivity contribution in [3.8, 4) is 0 Å². The zero-order valence-electron chi connectivity index (χ0n) is 12.9. The first-order valence-electron chi connectivity index (χ1n) is 7.53. The summed E-state index contributed by atoms with van der Waals surface area (Å²) >= 11 is 0. The number of nitrogens with zero attached hydrogens (tertiary/aromatic N) is 2. The Hall–Kier alpha value is -1.58. The number of likely N-dealkylation sites (N-methyl/N-ethyl adjacent to an activating group) is 1. The van der Waals surface area contributed by atoms with Gasteiger partial charge in [0.15, 0.2) is 5.78 Å². The summed E-state index contributed by atoms with van der Waals surface area (Å²) in [5, 5.41) is 0. The first-order valence-corrected chi connectivity index (χ1v) is 7.53. The van der Waals surface area contributed by atoms with E-state index in [-0.39, 0.29) is 17.7 Å². The van der Waals surface area contributed by atoms with Crippen LogP contribution in [-0.4, -0.2) is 34.2 Å². The van der Waals surface area contributed by atoms with Crippen molar-refractivity contribution in [2.24, 2.45) is 0 Å². The lowest BCUT2D eigenvalue weighted by atomic mass is 9.96. The number of carbonyl (C=O) groups excluding carboxylic acids is 2. The summed E-state index contributed by atoms with van der Waals surface area (Å²) in [6.45, 7) is 9.36. The maximum Gasteiger partial charge on any atom is 0.245 e. The van der Waals surface area contributed by atoms with Crippen molar-refractivity contribution in [1.29, 1.82) is 0 Å². The molecule has 0 aromatic carbocycles. The molecule has 110 valence electrons. The van der Waals surface area contributed by atoms with Crippen molar-refractivity contribution in [3.63, 3.8) is 0 Å². The van der Waals surface area contributed by atoms with Gasteiger partial charge in [-0.25, -0.2) is 0 Å². The molecule has 1 amide bonds. The Morgan fingerprint density at radius 1 is 1.35 bits per heavy atom. The molecular weight excluding hydrogens is 252 g/mol. The second-order valence-corrected chi connectivity index (χ2v) is 5.48. The second-order valence-electron chi connectivity index (χ2n) is 5.48. The average molecular weight is 276 g/mol. The second kappa shape index (κ2) is 5.81. The molecule has 0 spiro atoms. The van der Waals surface area contributed by atoms with Crippen molar-refractivity contribution < 1.29 is 9.59 Å². The molecule has 1 heterocycles. The number of aryl methyl sites for hydroxylation is 1. The first kappa shape index (κ1) is 14.8. The fourth-order valence-electron chi connectivity index (χ4n) is 3.20. The normalized spacial score (nSPS) is 15.9. The third-order valence-corrected chi connectivity index (χ3v) is 4.27. The van der Waals surface area contributed by atoms with Crippen LogP contribution in [-0.2, 0) is 11.2 Å². The third kappa shape index (κ3) is 2.39. The molecule has 0 bridgehead atoms. The number of amides is 1. The summed E-state index contributed by atoms with van der Waals surface area (Å²) in [6, 6.07) is 1.72. The van der Waals surface area contributed by atoms with Crippen LogP contribution in [0.5, 0.6) is 0 Å². The average Bonchev–Trinajstić information content (AvgIpc) is 2.77. The van der Waals surface area contributed by atoms with E-state index in [2.05, 4.69) is 4.57 Å². The predicted octanol–water partition coefficient (Wildman–Crippen LogP) is 2.74. The van der Waals surface area contributed by atoms with Crippen LogP contribution in [0.25, 0.3) is 0 Å². The van der Waals surface area contributed by atoms with Crippen molar-refractivity contribution in [2.45, 2.75) is 53.0 Å². The van der Waals surface area contributed by atoms with E-state index in [1.807, 2.05) is 38.7 Å². The molecule has 1 aromatic rings. The fraction of sp³-hybridized carbons (Fsp3) is 0.625. The van der Waals surface area contributed by atoms with Gasteiger partial charge in [0.1, 0.15) is 6.04 Å². The maximum atomic E-state index is 12.5. The van der Waals surface area contributed by atoms with Crippen LogP contribution < -0.4 is 0 Å². The van der Waals surface area contributed by atoms with Crippen LogP contribution in [0.4, 0.5) is 0 Å². The molecule has 1 atom stereocenters. The van der Waals surface area contributed by atoms with E-state index < -0.39 is 0 Å². The van der Waals surface area contributed by atoms with E-state index in [0.29, 0.717) is 6.42 Å². The molecule has 0 aliphatic heterocycles. The molecule has 0 fully saturated rings. The minimum Gasteiger partial charge on any atom is -0.341 e. The molecule has 0 saturated carbocycles. The largest absolute Gasteiger partial charge is 0.341 e. The van der Waals surface area contributed by atoms with E-state index in [4.69, 9.17) is 0 Å². The molecule has 1 aliphatic carbocycles. The minimum atomic E-state index is -0.232. The molecule has 20 heavy (non-hydrogen) atoms. The van der Waals surface area contributed by atoms with Gasteiger partial charge in [-0.1, -0.05) is 0 Å². The number of Topliss-reactive ketones (excluding diaryl/α,β-unsaturated/α-hetero) is 1. The van der Waals surface area contributed by atoms with E-state index in [1.54, 1.807) is 0 Å². The van der Waals surface area contributed by atoms with Gasteiger partial charge in [-0.05, 0) is 46.6 Å². The van der Waals surface area contributed by atoms with E-state index in [1.165, 1.54) is 0 Å². The summed E-state index contributed by atoms with van der Waals surface area (Å²) in [6.07, 6.45) is 2.42. The third-order valence-electron chi connectivity index (χ3n) is 4.27. The van der Waals surface area contributed by atoms with Gasteiger partial charge in [0, 0.05) is 36.5 Å². The van der Waals surface area contributed by atoms with Crippen molar-refractivity contribution in [2.75, 3.05) is 13.1 Å². The lowest BCUT2D eigenvalue weighted by Gasteiger charge is -2.27. The summed E-state index contributed by atoms with van der Waals surface area (Å²) < 4.78 is 2.06. The summed E-state index contributed by atoms with van der Waals surface area (Å²) in [7, 11) is 0. The van der Waals surface area contributed by atoms with E-state index >= 15 is 0 Å². The van der Waals surface area contributed by atoms with Crippen molar-refractivity contribution >= 4 is 11.7 Å². The van der Waals surface area contributed by atoms with Gasteiger partial charge >= 0.3 is 0 Å². The van der Waals surface area contributed by atoms with Gasteiger partial charge in [-0.3, -0.25) is 9.59 Å². The minimum absolute atomic E-state index is 0.134. The van der Waals surface area contributed by atoms with E-state index in [0.717, 1.165) is 42.9 Å². The number of aromatic nitrogens is 1. The van der Waals surface area contributed by atoms with Crippen LogP contribution >= 0.6 is 0 Å². The molecule has 1 aromatic heterocycles. The Morgan fingerprint density at radius 2 is 2.00 bits per heavy atom. The van der Waals surface area contributed by atoms with Crippen LogP contribution in [0.3, 0.4) is 0 Å². The smallest absolute Gasteiger partial charge is 0.245 e. The Balaban J connectivity index is 2.38. The quantitative estimate of drug-likeness (QED) is 0.848. The number of rotatable bonds is 4. The predicted molar refractivity (Wildman–Crippen MR) is 79.1 cm³/mol. The summed E-state index contributed by atoms with van der Waals surface area (Å²) in [4.78, 5) is 26.4. The number of hydrogen-bond donors (Lipinski definition) is 0. The van der Waals surface area contributed by atoms with Crippen molar-refractivity contribution in [1.82, 2.24) is 9.47 Å². The number of carbonyl (C=O) groups is 2. The zero-order valence-corrected chi connectivity index (χ0v) is 12.9. The highest BCUT2D eigenvalue weighted by atomic mass is 16.2. The molecule has 0 saturated heterocycles. The molecule has 2 rings (SSSR count). The maximum absolute atomic E-state index is 12.5. The van der Waals surface area contributed by atoms with E-state index in [9.17, 15) is 9.59 Å². The number of hydrogen-bond acceptors (Lipinski definition) is 2. The Kier molecular flexibility index (Phi) is 4.31. The summed E-state index contributed by atoms with van der Waals surface area (Å²) in [5.74, 6) is 0.352. The lowest BCUT2D eigenvalue weighted by molar-refractivity contribution is -0.134.